The summed E-state index contributed by atoms with van der Waals surface area (Å²) in [5.41, 5.74) is 1.54. The van der Waals surface area contributed by atoms with Crippen LogP contribution in [0, 0.1) is 11.3 Å². The highest BCUT2D eigenvalue weighted by Gasteiger charge is 2.29. The Morgan fingerprint density at radius 3 is 3.03 bits per heavy atom. The van der Waals surface area contributed by atoms with Gasteiger partial charge in [-0.05, 0) is 37.1 Å². The summed E-state index contributed by atoms with van der Waals surface area (Å²) in [7, 11) is -3.65. The van der Waals surface area contributed by atoms with E-state index in [0.717, 1.165) is 5.56 Å². The van der Waals surface area contributed by atoms with E-state index in [0.29, 0.717) is 37.3 Å². The molecule has 30 heavy (non-hydrogen) atoms. The highest BCUT2D eigenvalue weighted by atomic mass is 32.2. The molecule has 0 saturated heterocycles. The minimum absolute atomic E-state index is 0.151. The molecule has 2 atom stereocenters. The molecular formula is C19H20N4O6S. The fourth-order valence-electron chi connectivity index (χ4n) is 3.30. The number of hydrogen-bond donors (Lipinski definition) is 1. The van der Waals surface area contributed by atoms with Crippen molar-refractivity contribution in [3.05, 3.63) is 41.1 Å². The van der Waals surface area contributed by atoms with E-state index >= 15 is 0 Å². The number of aryl methyl sites for hydroxylation is 1. The Hall–Kier alpha value is -3.10. The van der Waals surface area contributed by atoms with Crippen LogP contribution in [0.25, 0.3) is 0 Å². The number of nitriles is 1. The van der Waals surface area contributed by atoms with Crippen molar-refractivity contribution in [2.75, 3.05) is 12.4 Å². The van der Waals surface area contributed by atoms with Gasteiger partial charge in [-0.1, -0.05) is 0 Å². The number of amides is 1. The van der Waals surface area contributed by atoms with E-state index in [2.05, 4.69) is 16.5 Å². The average Bonchev–Trinajstić information content (AvgIpc) is 3.16. The number of nitrogens with one attached hydrogen (secondary N) is 1. The molecule has 0 fully saturated rings. The zero-order valence-corrected chi connectivity index (χ0v) is 17.0. The van der Waals surface area contributed by atoms with E-state index in [1.165, 1.54) is 17.7 Å². The predicted molar refractivity (Wildman–Crippen MR) is 103 cm³/mol. The molecule has 2 unspecified atom stereocenters. The number of nitrogens with zero attached hydrogens (tertiary/aromatic N) is 3. The van der Waals surface area contributed by atoms with E-state index in [1.54, 1.807) is 18.2 Å². The normalized spacial score (nSPS) is 20.1. The van der Waals surface area contributed by atoms with Gasteiger partial charge >= 0.3 is 0 Å². The molecule has 11 heteroatoms. The molecule has 0 radical (unpaired) electrons. The van der Waals surface area contributed by atoms with E-state index < -0.39 is 22.3 Å². The third kappa shape index (κ3) is 4.24. The summed E-state index contributed by atoms with van der Waals surface area (Å²) in [5.74, 6) is 0.431. The third-order valence-corrected chi connectivity index (χ3v) is 6.06. The van der Waals surface area contributed by atoms with Gasteiger partial charge in [0.25, 0.3) is 16.0 Å². The summed E-state index contributed by atoms with van der Waals surface area (Å²) in [6.45, 7) is 2.15. The first-order valence-electron chi connectivity index (χ1n) is 9.49. The van der Waals surface area contributed by atoms with Crippen LogP contribution in [-0.4, -0.2) is 48.8 Å². The topological polar surface area (TPSA) is 133 Å². The van der Waals surface area contributed by atoms with E-state index in [9.17, 15) is 13.2 Å². The molecule has 1 aromatic heterocycles. The van der Waals surface area contributed by atoms with Gasteiger partial charge in [-0.25, -0.2) is 8.86 Å². The second kappa shape index (κ2) is 7.97. The Morgan fingerprint density at radius 2 is 2.27 bits per heavy atom. The molecule has 10 nitrogen and oxygen atoms in total. The minimum Gasteiger partial charge on any atom is -0.491 e. The average molecular weight is 432 g/mol. The molecule has 0 bridgehead atoms. The molecule has 1 N–H and O–H groups in total. The highest BCUT2D eigenvalue weighted by Crippen LogP contribution is 2.27. The van der Waals surface area contributed by atoms with Crippen molar-refractivity contribution < 1.29 is 26.9 Å². The second-order valence-corrected chi connectivity index (χ2v) is 8.87. The van der Waals surface area contributed by atoms with Gasteiger partial charge in [0, 0.05) is 12.5 Å². The maximum atomic E-state index is 12.6. The van der Waals surface area contributed by atoms with Crippen molar-refractivity contribution >= 4 is 16.0 Å². The molecular weight excluding hydrogens is 412 g/mol. The monoisotopic (exact) mass is 432 g/mol. The maximum Gasteiger partial charge on any atom is 0.272 e. The molecule has 158 valence electrons. The second-order valence-electron chi connectivity index (χ2n) is 6.99. The molecule has 1 aromatic carbocycles. The molecule has 0 aliphatic carbocycles. The molecule has 0 spiro atoms. The van der Waals surface area contributed by atoms with Gasteiger partial charge in [0.05, 0.1) is 30.0 Å². The van der Waals surface area contributed by atoms with E-state index in [1.807, 2.05) is 0 Å². The summed E-state index contributed by atoms with van der Waals surface area (Å²) >= 11 is 0. The van der Waals surface area contributed by atoms with Crippen molar-refractivity contribution in [3.63, 3.8) is 0 Å². The number of benzene rings is 1. The SMILES string of the molecule is CCS(=O)(=O)OC1CCn2nc(C(=O)NC3COc4ccc(C#N)cc4C3)cc2O1. The van der Waals surface area contributed by atoms with Gasteiger partial charge < -0.3 is 14.8 Å². The fourth-order valence-corrected chi connectivity index (χ4v) is 3.90. The number of aromatic nitrogens is 2. The number of rotatable bonds is 5. The Labute approximate surface area is 173 Å². The zero-order chi connectivity index (χ0) is 21.3. The predicted octanol–water partition coefficient (Wildman–Crippen LogP) is 0.963. The summed E-state index contributed by atoms with van der Waals surface area (Å²) in [5, 5.41) is 16.2. The largest absolute Gasteiger partial charge is 0.491 e. The van der Waals surface area contributed by atoms with Crippen LogP contribution in [0.15, 0.2) is 24.3 Å². The maximum absolute atomic E-state index is 12.6. The smallest absolute Gasteiger partial charge is 0.272 e. The lowest BCUT2D eigenvalue weighted by Gasteiger charge is -2.25. The Balaban J connectivity index is 1.41. The molecule has 1 amide bonds. The van der Waals surface area contributed by atoms with Crippen LogP contribution < -0.4 is 14.8 Å². The lowest BCUT2D eigenvalue weighted by molar-refractivity contribution is -0.0234. The van der Waals surface area contributed by atoms with Crippen LogP contribution in [0.5, 0.6) is 11.6 Å². The van der Waals surface area contributed by atoms with Crippen LogP contribution in [0.1, 0.15) is 35.0 Å². The van der Waals surface area contributed by atoms with Crippen molar-refractivity contribution in [2.45, 2.75) is 38.6 Å². The molecule has 2 aliphatic heterocycles. The quantitative estimate of drug-likeness (QED) is 0.691. The van der Waals surface area contributed by atoms with Gasteiger partial charge in [0.15, 0.2) is 5.69 Å². The van der Waals surface area contributed by atoms with E-state index in [-0.39, 0.29) is 23.4 Å². The molecule has 2 aromatic rings. The zero-order valence-electron chi connectivity index (χ0n) is 16.2. The van der Waals surface area contributed by atoms with Crippen LogP contribution in [0.2, 0.25) is 0 Å². The van der Waals surface area contributed by atoms with Gasteiger partial charge in [-0.3, -0.25) is 4.79 Å². The summed E-state index contributed by atoms with van der Waals surface area (Å²) in [6.07, 6.45) is -0.109. The first-order valence-corrected chi connectivity index (χ1v) is 11.1. The van der Waals surface area contributed by atoms with Crippen molar-refractivity contribution in [3.8, 4) is 17.7 Å². The van der Waals surface area contributed by atoms with Crippen LogP contribution in [0.3, 0.4) is 0 Å². The van der Waals surface area contributed by atoms with Crippen LogP contribution in [-0.2, 0) is 27.3 Å². The summed E-state index contributed by atoms with van der Waals surface area (Å²) in [4.78, 5) is 12.6. The van der Waals surface area contributed by atoms with Crippen molar-refractivity contribution in [2.24, 2.45) is 0 Å². The van der Waals surface area contributed by atoms with Gasteiger partial charge in [0.1, 0.15) is 12.4 Å². The van der Waals surface area contributed by atoms with Crippen molar-refractivity contribution in [1.29, 1.82) is 5.26 Å². The number of carbonyl (C=O) groups excluding carboxylic acids is 1. The molecule has 0 saturated carbocycles. The first kappa shape index (κ1) is 20.2. The summed E-state index contributed by atoms with van der Waals surface area (Å²) in [6, 6.07) is 8.47. The van der Waals surface area contributed by atoms with Gasteiger partial charge in [-0.15, -0.1) is 0 Å². The first-order chi connectivity index (χ1) is 14.4. The Kier molecular flexibility index (Phi) is 5.36. The van der Waals surface area contributed by atoms with Crippen LogP contribution in [0.4, 0.5) is 0 Å². The van der Waals surface area contributed by atoms with Crippen molar-refractivity contribution in [1.82, 2.24) is 15.1 Å². The van der Waals surface area contributed by atoms with Crippen LogP contribution >= 0.6 is 0 Å². The number of hydrogen-bond acceptors (Lipinski definition) is 8. The third-order valence-electron chi connectivity index (χ3n) is 4.84. The lowest BCUT2D eigenvalue weighted by atomic mass is 10.0. The van der Waals surface area contributed by atoms with Gasteiger partial charge in [-0.2, -0.15) is 18.8 Å². The standard InChI is InChI=1S/C19H20N4O6S/c1-2-30(25,26)29-18-5-6-23-17(28-18)9-15(22-23)19(24)21-14-8-13-7-12(10-20)3-4-16(13)27-11-14/h3-4,7,9,14,18H,2,5-6,8,11H2,1H3,(H,21,24). The van der Waals surface area contributed by atoms with Gasteiger partial charge in [0.2, 0.25) is 12.2 Å². The van der Waals surface area contributed by atoms with E-state index in [4.69, 9.17) is 18.9 Å². The molecule has 2 aliphatic rings. The fraction of sp³-hybridized carbons (Fsp3) is 0.421. The Morgan fingerprint density at radius 1 is 1.43 bits per heavy atom. The molecule has 4 rings (SSSR count). The lowest BCUT2D eigenvalue weighted by Crippen LogP contribution is -2.42. The molecule has 3 heterocycles. The number of fused-ring (bicyclic) bond motifs is 2. The highest BCUT2D eigenvalue weighted by molar-refractivity contribution is 7.86. The number of ether oxygens (including phenoxy) is 2. The minimum atomic E-state index is -3.65. The Bertz CT molecular complexity index is 1120. The summed E-state index contributed by atoms with van der Waals surface area (Å²) < 4.78 is 40.9. The number of carbonyl (C=O) groups is 1.